The van der Waals surface area contributed by atoms with Crippen LogP contribution in [0.3, 0.4) is 0 Å². The number of carbonyl (C=O) groups excluding carboxylic acids is 2. The molecule has 0 atom stereocenters. The van der Waals surface area contributed by atoms with Crippen molar-refractivity contribution in [3.05, 3.63) is 144 Å². The first-order chi connectivity index (χ1) is 23.2. The van der Waals surface area contributed by atoms with Crippen LogP contribution < -0.4 is 9.80 Å². The molecule has 0 unspecified atom stereocenters. The van der Waals surface area contributed by atoms with E-state index in [0.29, 0.717) is 26.1 Å². The maximum absolute atomic E-state index is 11.2. The average Bonchev–Trinajstić information content (AvgIpc) is 3.10. The first-order valence-electron chi connectivity index (χ1n) is 15.6. The maximum atomic E-state index is 11.2. The summed E-state index contributed by atoms with van der Waals surface area (Å²) in [6.45, 7) is 7.45. The summed E-state index contributed by atoms with van der Waals surface area (Å²) < 4.78 is 10.1. The van der Waals surface area contributed by atoms with E-state index < -0.39 is 11.9 Å². The second-order valence-electron chi connectivity index (χ2n) is 11.4. The van der Waals surface area contributed by atoms with E-state index >= 15 is 0 Å². The van der Waals surface area contributed by atoms with Crippen molar-refractivity contribution in [3.63, 3.8) is 0 Å². The van der Waals surface area contributed by atoms with Crippen LogP contribution in [0.5, 0.6) is 0 Å². The number of ether oxygens (including phenoxy) is 2. The minimum absolute atomic E-state index is 0.315. The molecule has 4 aromatic carbocycles. The highest BCUT2D eigenvalue weighted by Gasteiger charge is 2.14. The van der Waals surface area contributed by atoms with Crippen LogP contribution >= 0.6 is 0 Å². The molecule has 0 aromatic heterocycles. The van der Waals surface area contributed by atoms with Crippen molar-refractivity contribution in [2.75, 3.05) is 51.2 Å². The van der Waals surface area contributed by atoms with E-state index in [2.05, 4.69) is 83.0 Å². The fraction of sp³-hybridized carbons (Fsp3) is 0.190. The smallest absolute Gasteiger partial charge is 0.330 e. The van der Waals surface area contributed by atoms with Crippen LogP contribution in [0, 0.1) is 23.7 Å². The Kier molecular flexibility index (Phi) is 12.4. The van der Waals surface area contributed by atoms with E-state index in [9.17, 15) is 9.59 Å². The average molecular weight is 637 g/mol. The third kappa shape index (κ3) is 10.0. The van der Waals surface area contributed by atoms with Crippen LogP contribution in [0.4, 0.5) is 11.4 Å². The second-order valence-corrected chi connectivity index (χ2v) is 11.4. The van der Waals surface area contributed by atoms with E-state index in [1.165, 1.54) is 12.2 Å². The van der Waals surface area contributed by atoms with Crippen LogP contribution in [0.2, 0.25) is 0 Å². The summed E-state index contributed by atoms with van der Waals surface area (Å²) in [5.74, 6) is 12.3. The topological polar surface area (TPSA) is 59.1 Å². The fourth-order valence-corrected chi connectivity index (χ4v) is 4.87. The normalized spacial score (nSPS) is 10.0. The summed E-state index contributed by atoms with van der Waals surface area (Å²) in [5.41, 5.74) is 10.1. The van der Waals surface area contributed by atoms with Gasteiger partial charge in [-0.05, 0) is 59.7 Å². The first kappa shape index (κ1) is 34.9. The van der Waals surface area contributed by atoms with Gasteiger partial charge in [-0.2, -0.15) is 0 Å². The molecule has 48 heavy (non-hydrogen) atoms. The Labute approximate surface area is 284 Å². The van der Waals surface area contributed by atoms with Gasteiger partial charge in [-0.15, -0.1) is 0 Å². The van der Waals surface area contributed by atoms with Crippen molar-refractivity contribution in [3.8, 4) is 34.8 Å². The van der Waals surface area contributed by atoms with Crippen LogP contribution in [0.15, 0.2) is 110 Å². The van der Waals surface area contributed by atoms with Crippen LogP contribution in [0.25, 0.3) is 11.1 Å². The molecule has 0 N–H and O–H groups in total. The van der Waals surface area contributed by atoms with Crippen molar-refractivity contribution >= 4 is 23.3 Å². The zero-order valence-electron chi connectivity index (χ0n) is 28.0. The molecule has 6 nitrogen and oxygen atoms in total. The molecule has 0 saturated carbocycles. The van der Waals surface area contributed by atoms with E-state index in [4.69, 9.17) is 9.47 Å². The van der Waals surface area contributed by atoms with Gasteiger partial charge in [0.1, 0.15) is 0 Å². The third-order valence-corrected chi connectivity index (χ3v) is 7.46. The van der Waals surface area contributed by atoms with Crippen LogP contribution in [-0.4, -0.2) is 53.3 Å². The predicted molar refractivity (Wildman–Crippen MR) is 195 cm³/mol. The number of rotatable bonds is 11. The van der Waals surface area contributed by atoms with Gasteiger partial charge in [-0.3, -0.25) is 0 Å². The Hall–Kier alpha value is -5.98. The lowest BCUT2D eigenvalue weighted by atomic mass is 9.97. The van der Waals surface area contributed by atoms with Gasteiger partial charge in [0, 0.05) is 97.9 Å². The summed E-state index contributed by atoms with van der Waals surface area (Å²) >= 11 is 0. The van der Waals surface area contributed by atoms with E-state index in [1.807, 2.05) is 76.7 Å². The predicted octanol–water partition coefficient (Wildman–Crippen LogP) is 6.83. The molecule has 0 aliphatic rings. The van der Waals surface area contributed by atoms with Crippen LogP contribution in [0.1, 0.15) is 33.4 Å². The van der Waals surface area contributed by atoms with Gasteiger partial charge in [0.25, 0.3) is 0 Å². The molecule has 0 spiro atoms. The van der Waals surface area contributed by atoms with Crippen molar-refractivity contribution in [1.29, 1.82) is 0 Å². The molecule has 0 heterocycles. The Morgan fingerprint density at radius 1 is 0.562 bits per heavy atom. The number of hydrogen-bond acceptors (Lipinski definition) is 6. The first-order valence-corrected chi connectivity index (χ1v) is 15.6. The molecule has 0 bridgehead atoms. The van der Waals surface area contributed by atoms with Gasteiger partial charge in [0.05, 0.1) is 13.2 Å². The largest absolute Gasteiger partial charge is 0.462 e. The highest BCUT2D eigenvalue weighted by molar-refractivity contribution is 5.88. The molecule has 0 fully saturated rings. The Balaban J connectivity index is 1.50. The van der Waals surface area contributed by atoms with Gasteiger partial charge >= 0.3 is 11.9 Å². The van der Waals surface area contributed by atoms with Gasteiger partial charge in [-0.25, -0.2) is 9.59 Å². The van der Waals surface area contributed by atoms with Crippen LogP contribution in [-0.2, 0) is 31.9 Å². The lowest BCUT2D eigenvalue weighted by molar-refractivity contribution is -0.138. The zero-order valence-corrected chi connectivity index (χ0v) is 28.0. The SMILES string of the molecule is C=CC(=O)OCCc1ccc(C#Cc2ccc(-c3ccc(C#Cc4ccc(CCOC(=O)C=C)cc4)cc3N(C)C)c(N(C)C)c2)cc1. The number of benzene rings is 4. The Bertz CT molecular complexity index is 1760. The molecule has 0 amide bonds. The van der Waals surface area contributed by atoms with E-state index in [0.717, 1.165) is 55.9 Å². The van der Waals surface area contributed by atoms with E-state index in [1.54, 1.807) is 0 Å². The standard InChI is InChI=1S/C42H40N2O4/c1-7-41(45)47-27-25-33-13-9-31(10-14-33)17-19-35-21-23-37(39(29-35)43(3)4)38-24-22-36(30-40(38)44(5)6)20-18-32-11-15-34(16-12-32)26-28-48-42(46)8-2/h7-16,21-24,29-30H,1-2,25-28H2,3-6H3. The van der Waals surface area contributed by atoms with Gasteiger partial charge in [-0.1, -0.05) is 73.2 Å². The number of nitrogens with zero attached hydrogens (tertiary/aromatic N) is 2. The number of hydrogen-bond donors (Lipinski definition) is 0. The quantitative estimate of drug-likeness (QED) is 0.102. The molecule has 0 radical (unpaired) electrons. The van der Waals surface area contributed by atoms with E-state index in [-0.39, 0.29) is 0 Å². The Morgan fingerprint density at radius 3 is 1.23 bits per heavy atom. The summed E-state index contributed by atoms with van der Waals surface area (Å²) in [7, 11) is 8.15. The molecule has 6 heteroatoms. The fourth-order valence-electron chi connectivity index (χ4n) is 4.87. The molecule has 0 aliphatic heterocycles. The van der Waals surface area contributed by atoms with Gasteiger partial charge in [0.15, 0.2) is 0 Å². The van der Waals surface area contributed by atoms with Gasteiger partial charge in [0.2, 0.25) is 0 Å². The Morgan fingerprint density at radius 2 is 0.896 bits per heavy atom. The zero-order chi connectivity index (χ0) is 34.5. The minimum atomic E-state index is -0.414. The lowest BCUT2D eigenvalue weighted by Gasteiger charge is -2.23. The number of anilines is 2. The maximum Gasteiger partial charge on any atom is 0.330 e. The molecule has 0 saturated heterocycles. The van der Waals surface area contributed by atoms with Crippen molar-refractivity contribution in [2.24, 2.45) is 0 Å². The highest BCUT2D eigenvalue weighted by atomic mass is 16.5. The summed E-state index contributed by atoms with van der Waals surface area (Å²) in [6.07, 6.45) is 3.61. The highest BCUT2D eigenvalue weighted by Crippen LogP contribution is 2.37. The number of esters is 2. The molecule has 242 valence electrons. The summed E-state index contributed by atoms with van der Waals surface area (Å²) in [5, 5.41) is 0. The molecule has 4 aromatic rings. The molecular weight excluding hydrogens is 596 g/mol. The summed E-state index contributed by atoms with van der Waals surface area (Å²) in [6, 6.07) is 28.5. The van der Waals surface area contributed by atoms with Crippen molar-refractivity contribution < 1.29 is 19.1 Å². The van der Waals surface area contributed by atoms with Gasteiger partial charge < -0.3 is 19.3 Å². The minimum Gasteiger partial charge on any atom is -0.462 e. The second kappa shape index (κ2) is 17.1. The van der Waals surface area contributed by atoms with Crippen molar-refractivity contribution in [1.82, 2.24) is 0 Å². The molecule has 4 rings (SSSR count). The summed E-state index contributed by atoms with van der Waals surface area (Å²) in [4.78, 5) is 26.7. The van der Waals surface area contributed by atoms with Crippen molar-refractivity contribution in [2.45, 2.75) is 12.8 Å². The number of carbonyl (C=O) groups is 2. The third-order valence-electron chi connectivity index (χ3n) is 7.46. The molecular formula is C42H40N2O4. The lowest BCUT2D eigenvalue weighted by Crippen LogP contribution is -2.13. The molecule has 0 aliphatic carbocycles. The monoisotopic (exact) mass is 636 g/mol.